The topological polar surface area (TPSA) is 70.6 Å². The summed E-state index contributed by atoms with van der Waals surface area (Å²) < 4.78 is 5.97. The molecule has 0 fully saturated rings. The summed E-state index contributed by atoms with van der Waals surface area (Å²) in [6, 6.07) is 15.1. The molecule has 0 aliphatic carbocycles. The number of aromatic nitrogens is 2. The third-order valence-electron chi connectivity index (χ3n) is 4.68. The molecule has 1 aliphatic rings. The van der Waals surface area contributed by atoms with Crippen molar-refractivity contribution in [3.8, 4) is 11.3 Å². The molecule has 8 heteroatoms. The van der Waals surface area contributed by atoms with Crippen LogP contribution in [0.25, 0.3) is 11.3 Å². The molecular formula is C21H18Cl2N4O2. The lowest BCUT2D eigenvalue weighted by Crippen LogP contribution is -2.25. The number of hydrogen-bond acceptors (Lipinski definition) is 4. The minimum absolute atomic E-state index is 0.241. The minimum atomic E-state index is -0.848. The van der Waals surface area contributed by atoms with Crippen LogP contribution in [0.15, 0.2) is 53.6 Å². The molecule has 4 rings (SSSR count). The number of aromatic amines is 1. The molecule has 6 nitrogen and oxygen atoms in total. The van der Waals surface area contributed by atoms with Gasteiger partial charge in [-0.25, -0.2) is 0 Å². The molecular weight excluding hydrogens is 411 g/mol. The van der Waals surface area contributed by atoms with Crippen molar-refractivity contribution in [2.45, 2.75) is 26.5 Å². The van der Waals surface area contributed by atoms with E-state index in [4.69, 9.17) is 27.9 Å². The molecule has 0 saturated carbocycles. The molecule has 29 heavy (non-hydrogen) atoms. The Labute approximate surface area is 178 Å². The van der Waals surface area contributed by atoms with Crippen molar-refractivity contribution in [3.63, 3.8) is 0 Å². The van der Waals surface area contributed by atoms with Crippen LogP contribution in [-0.4, -0.2) is 27.0 Å². The molecule has 2 aromatic carbocycles. The number of halogens is 2. The third-order valence-corrected chi connectivity index (χ3v) is 5.34. The van der Waals surface area contributed by atoms with E-state index in [9.17, 15) is 4.79 Å². The maximum Gasteiger partial charge on any atom is 0.259 e. The SMILES string of the molecule is CCc1ccc(-c2cc(C3=NN(C(C)=O)C(c4c(Cl)cccc4Cl)O3)[nH]n2)cc1. The zero-order chi connectivity index (χ0) is 20.5. The van der Waals surface area contributed by atoms with Gasteiger partial charge >= 0.3 is 0 Å². The van der Waals surface area contributed by atoms with Crippen molar-refractivity contribution in [3.05, 3.63) is 75.4 Å². The predicted octanol–water partition coefficient (Wildman–Crippen LogP) is 5.19. The van der Waals surface area contributed by atoms with Gasteiger partial charge in [0.1, 0.15) is 5.69 Å². The van der Waals surface area contributed by atoms with Gasteiger partial charge in [-0.05, 0) is 30.2 Å². The first kappa shape index (κ1) is 19.5. The molecule has 148 valence electrons. The van der Waals surface area contributed by atoms with Crippen LogP contribution in [0.4, 0.5) is 0 Å². The van der Waals surface area contributed by atoms with E-state index >= 15 is 0 Å². The number of aryl methyl sites for hydroxylation is 1. The number of nitrogens with zero attached hydrogens (tertiary/aromatic N) is 3. The molecule has 1 aromatic heterocycles. The molecule has 0 spiro atoms. The molecule has 3 aromatic rings. The van der Waals surface area contributed by atoms with Gasteiger partial charge in [0.25, 0.3) is 5.90 Å². The lowest BCUT2D eigenvalue weighted by Gasteiger charge is -2.21. The number of H-pyrrole nitrogens is 1. The number of benzene rings is 2. The fourth-order valence-electron chi connectivity index (χ4n) is 3.10. The Kier molecular flexibility index (Phi) is 5.30. The molecule has 1 unspecified atom stereocenters. The maximum absolute atomic E-state index is 12.1. The van der Waals surface area contributed by atoms with Crippen LogP contribution in [0.1, 0.15) is 36.9 Å². The van der Waals surface area contributed by atoms with Gasteiger partial charge in [0.05, 0.1) is 21.3 Å². The van der Waals surface area contributed by atoms with Gasteiger partial charge in [0.2, 0.25) is 12.1 Å². The van der Waals surface area contributed by atoms with Crippen molar-refractivity contribution < 1.29 is 9.53 Å². The van der Waals surface area contributed by atoms with E-state index in [2.05, 4.69) is 34.4 Å². The zero-order valence-corrected chi connectivity index (χ0v) is 17.3. The monoisotopic (exact) mass is 428 g/mol. The van der Waals surface area contributed by atoms with Gasteiger partial charge in [-0.15, -0.1) is 5.10 Å². The normalized spacial score (nSPS) is 15.9. The van der Waals surface area contributed by atoms with Crippen LogP contribution in [-0.2, 0) is 16.0 Å². The molecule has 0 saturated heterocycles. The van der Waals surface area contributed by atoms with Gasteiger partial charge < -0.3 is 4.74 Å². The molecule has 1 amide bonds. The Balaban J connectivity index is 1.65. The zero-order valence-electron chi connectivity index (χ0n) is 15.8. The smallest absolute Gasteiger partial charge is 0.259 e. The van der Waals surface area contributed by atoms with E-state index in [0.717, 1.165) is 17.7 Å². The van der Waals surface area contributed by atoms with Gasteiger partial charge in [-0.3, -0.25) is 9.89 Å². The number of nitrogens with one attached hydrogen (secondary N) is 1. The number of amides is 1. The highest BCUT2D eigenvalue weighted by molar-refractivity contribution is 6.36. The Bertz CT molecular complexity index is 1070. The van der Waals surface area contributed by atoms with E-state index in [1.807, 2.05) is 18.2 Å². The van der Waals surface area contributed by atoms with E-state index < -0.39 is 6.23 Å². The van der Waals surface area contributed by atoms with Crippen molar-refractivity contribution in [1.29, 1.82) is 0 Å². The number of rotatable bonds is 4. The van der Waals surface area contributed by atoms with E-state index in [0.29, 0.717) is 21.3 Å². The van der Waals surface area contributed by atoms with E-state index in [1.165, 1.54) is 17.5 Å². The summed E-state index contributed by atoms with van der Waals surface area (Å²) in [5.74, 6) is -0.0546. The average molecular weight is 429 g/mol. The first-order valence-electron chi connectivity index (χ1n) is 9.12. The Morgan fingerprint density at radius 1 is 1.17 bits per heavy atom. The van der Waals surface area contributed by atoms with Crippen LogP contribution in [0.2, 0.25) is 10.0 Å². The largest absolute Gasteiger partial charge is 0.444 e. The Morgan fingerprint density at radius 3 is 2.48 bits per heavy atom. The quantitative estimate of drug-likeness (QED) is 0.621. The summed E-state index contributed by atoms with van der Waals surface area (Å²) in [5.41, 5.74) is 4.01. The summed E-state index contributed by atoms with van der Waals surface area (Å²) in [4.78, 5) is 12.1. The van der Waals surface area contributed by atoms with Crippen LogP contribution >= 0.6 is 23.2 Å². The molecule has 2 heterocycles. The highest BCUT2D eigenvalue weighted by Crippen LogP contribution is 2.38. The van der Waals surface area contributed by atoms with Crippen LogP contribution in [0.3, 0.4) is 0 Å². The Morgan fingerprint density at radius 2 is 1.86 bits per heavy atom. The predicted molar refractivity (Wildman–Crippen MR) is 113 cm³/mol. The van der Waals surface area contributed by atoms with Gasteiger partial charge in [0.15, 0.2) is 0 Å². The standard InChI is InChI=1S/C21H18Cl2N4O2/c1-3-13-7-9-14(10-8-13)17-11-18(25-24-17)20-26-27(12(2)28)21(29-20)19-15(22)5-4-6-16(19)23/h4-11,21H,3H2,1-2H3,(H,24,25). The molecule has 0 bridgehead atoms. The molecule has 0 radical (unpaired) electrons. The summed E-state index contributed by atoms with van der Waals surface area (Å²) in [5, 5.41) is 13.6. The van der Waals surface area contributed by atoms with E-state index in [1.54, 1.807) is 18.2 Å². The number of hydrazone groups is 1. The Hall–Kier alpha value is -2.83. The van der Waals surface area contributed by atoms with Gasteiger partial charge in [-0.2, -0.15) is 10.1 Å². The number of hydrogen-bond donors (Lipinski definition) is 1. The third kappa shape index (κ3) is 3.73. The molecule has 1 atom stereocenters. The number of ether oxygens (including phenoxy) is 1. The van der Waals surface area contributed by atoms with Crippen LogP contribution < -0.4 is 0 Å². The summed E-state index contributed by atoms with van der Waals surface area (Å²) in [6.45, 7) is 3.51. The van der Waals surface area contributed by atoms with Gasteiger partial charge in [0, 0.05) is 12.5 Å². The van der Waals surface area contributed by atoms with Crippen LogP contribution in [0.5, 0.6) is 0 Å². The summed E-state index contributed by atoms with van der Waals surface area (Å²) >= 11 is 12.6. The first-order valence-corrected chi connectivity index (χ1v) is 9.87. The number of carbonyl (C=O) groups excluding carboxylic acids is 1. The second-order valence-corrected chi connectivity index (χ2v) is 7.41. The van der Waals surface area contributed by atoms with E-state index in [-0.39, 0.29) is 11.8 Å². The highest BCUT2D eigenvalue weighted by atomic mass is 35.5. The highest BCUT2D eigenvalue weighted by Gasteiger charge is 2.36. The second kappa shape index (κ2) is 7.89. The van der Waals surface area contributed by atoms with Crippen molar-refractivity contribution in [1.82, 2.24) is 15.2 Å². The summed E-state index contributed by atoms with van der Waals surface area (Å²) in [6.07, 6.45) is 0.128. The molecule has 1 aliphatic heterocycles. The molecule has 1 N–H and O–H groups in total. The maximum atomic E-state index is 12.1. The summed E-state index contributed by atoms with van der Waals surface area (Å²) in [7, 11) is 0. The van der Waals surface area contributed by atoms with Gasteiger partial charge in [-0.1, -0.05) is 60.5 Å². The van der Waals surface area contributed by atoms with Crippen molar-refractivity contribution in [2.24, 2.45) is 5.10 Å². The average Bonchev–Trinajstić information content (AvgIpc) is 3.35. The van der Waals surface area contributed by atoms with Crippen molar-refractivity contribution >= 4 is 35.0 Å². The lowest BCUT2D eigenvalue weighted by molar-refractivity contribution is -0.135. The lowest BCUT2D eigenvalue weighted by atomic mass is 10.1. The fraction of sp³-hybridized carbons (Fsp3) is 0.190. The second-order valence-electron chi connectivity index (χ2n) is 6.59. The first-order chi connectivity index (χ1) is 14.0. The number of carbonyl (C=O) groups is 1. The minimum Gasteiger partial charge on any atom is -0.444 e. The fourth-order valence-corrected chi connectivity index (χ4v) is 3.68. The van der Waals surface area contributed by atoms with Crippen LogP contribution in [0, 0.1) is 0 Å². The van der Waals surface area contributed by atoms with Crippen molar-refractivity contribution in [2.75, 3.05) is 0 Å².